The molecule has 140 valence electrons. The average Bonchev–Trinajstić information content (AvgIpc) is 2.96. The SMILES string of the molecule is Cc1nn(-c2ccccc2)c(C)c1CN(C)[C@H](C)C(=O)N1CCCCC1. The van der Waals surface area contributed by atoms with E-state index in [0.717, 1.165) is 49.6 Å². The van der Waals surface area contributed by atoms with Crippen molar-refractivity contribution in [3.63, 3.8) is 0 Å². The van der Waals surface area contributed by atoms with Crippen LogP contribution in [0.4, 0.5) is 0 Å². The Bertz CT molecular complexity index is 747. The number of para-hydroxylation sites is 1. The number of hydrogen-bond acceptors (Lipinski definition) is 3. The fraction of sp³-hybridized carbons (Fsp3) is 0.524. The van der Waals surface area contributed by atoms with Gasteiger partial charge in [0.15, 0.2) is 0 Å². The normalized spacial score (nSPS) is 16.1. The van der Waals surface area contributed by atoms with Gasteiger partial charge in [0, 0.05) is 30.9 Å². The zero-order valence-electron chi connectivity index (χ0n) is 16.4. The second-order valence-corrected chi connectivity index (χ2v) is 7.37. The number of likely N-dealkylation sites (N-methyl/N-ethyl adjacent to an activating group) is 1. The van der Waals surface area contributed by atoms with Crippen molar-refractivity contribution < 1.29 is 4.79 Å². The van der Waals surface area contributed by atoms with E-state index in [-0.39, 0.29) is 11.9 Å². The lowest BCUT2D eigenvalue weighted by Crippen LogP contribution is -2.47. The maximum absolute atomic E-state index is 12.8. The Labute approximate surface area is 156 Å². The van der Waals surface area contributed by atoms with Crippen molar-refractivity contribution in [3.05, 3.63) is 47.3 Å². The van der Waals surface area contributed by atoms with E-state index in [1.54, 1.807) is 0 Å². The number of aryl methyl sites for hydroxylation is 1. The van der Waals surface area contributed by atoms with Gasteiger partial charge in [-0.3, -0.25) is 9.69 Å². The van der Waals surface area contributed by atoms with E-state index in [4.69, 9.17) is 5.10 Å². The summed E-state index contributed by atoms with van der Waals surface area (Å²) in [4.78, 5) is 17.0. The highest BCUT2D eigenvalue weighted by Crippen LogP contribution is 2.20. The topological polar surface area (TPSA) is 41.4 Å². The highest BCUT2D eigenvalue weighted by molar-refractivity contribution is 5.81. The minimum Gasteiger partial charge on any atom is -0.341 e. The summed E-state index contributed by atoms with van der Waals surface area (Å²) in [5.74, 6) is 0.248. The van der Waals surface area contributed by atoms with Gasteiger partial charge in [0.2, 0.25) is 5.91 Å². The molecule has 2 aromatic rings. The van der Waals surface area contributed by atoms with Gasteiger partial charge in [-0.05, 0) is 59.2 Å². The molecule has 5 nitrogen and oxygen atoms in total. The monoisotopic (exact) mass is 354 g/mol. The summed E-state index contributed by atoms with van der Waals surface area (Å²) in [5.41, 5.74) is 4.43. The zero-order valence-corrected chi connectivity index (χ0v) is 16.4. The van der Waals surface area contributed by atoms with Crippen molar-refractivity contribution in [1.82, 2.24) is 19.6 Å². The first-order chi connectivity index (χ1) is 12.5. The van der Waals surface area contributed by atoms with E-state index in [1.165, 1.54) is 12.0 Å². The van der Waals surface area contributed by atoms with Crippen LogP contribution in [0.5, 0.6) is 0 Å². The fourth-order valence-corrected chi connectivity index (χ4v) is 3.68. The molecule has 1 aliphatic heterocycles. The second kappa shape index (κ2) is 8.04. The number of likely N-dealkylation sites (tertiary alicyclic amines) is 1. The molecule has 2 heterocycles. The van der Waals surface area contributed by atoms with E-state index in [2.05, 4.69) is 24.0 Å². The molecule has 1 amide bonds. The molecule has 1 fully saturated rings. The number of hydrogen-bond donors (Lipinski definition) is 0. The van der Waals surface area contributed by atoms with Crippen molar-refractivity contribution in [3.8, 4) is 5.69 Å². The lowest BCUT2D eigenvalue weighted by molar-refractivity contribution is -0.137. The molecule has 3 rings (SSSR count). The number of carbonyl (C=O) groups is 1. The van der Waals surface area contributed by atoms with Crippen LogP contribution in [0, 0.1) is 13.8 Å². The number of benzene rings is 1. The summed E-state index contributed by atoms with van der Waals surface area (Å²) in [6.07, 6.45) is 3.50. The molecule has 0 saturated carbocycles. The lowest BCUT2D eigenvalue weighted by atomic mass is 10.1. The Morgan fingerprint density at radius 1 is 1.15 bits per heavy atom. The molecule has 0 N–H and O–H groups in total. The third-order valence-corrected chi connectivity index (χ3v) is 5.54. The predicted molar refractivity (Wildman–Crippen MR) is 104 cm³/mol. The highest BCUT2D eigenvalue weighted by Gasteiger charge is 2.26. The van der Waals surface area contributed by atoms with Crippen LogP contribution in [-0.4, -0.2) is 51.7 Å². The van der Waals surface area contributed by atoms with Crippen LogP contribution in [0.25, 0.3) is 5.69 Å². The number of piperidine rings is 1. The predicted octanol–water partition coefficient (Wildman–Crippen LogP) is 3.32. The van der Waals surface area contributed by atoms with E-state index >= 15 is 0 Å². The molecule has 0 aliphatic carbocycles. The van der Waals surface area contributed by atoms with Crippen LogP contribution in [0.3, 0.4) is 0 Å². The third-order valence-electron chi connectivity index (χ3n) is 5.54. The summed E-state index contributed by atoms with van der Waals surface area (Å²) in [6, 6.07) is 10.1. The number of carbonyl (C=O) groups excluding carboxylic acids is 1. The number of nitrogens with zero attached hydrogens (tertiary/aromatic N) is 4. The molecule has 5 heteroatoms. The molecule has 0 unspecified atom stereocenters. The number of rotatable bonds is 5. The van der Waals surface area contributed by atoms with Crippen LogP contribution in [0.15, 0.2) is 30.3 Å². The molecule has 1 atom stereocenters. The van der Waals surface area contributed by atoms with Crippen molar-refractivity contribution in [1.29, 1.82) is 0 Å². The highest BCUT2D eigenvalue weighted by atomic mass is 16.2. The standard InChI is InChI=1S/C21H30N4O/c1-16-20(17(2)25(22-16)19-11-7-5-8-12-19)15-23(4)18(3)21(26)24-13-9-6-10-14-24/h5,7-8,11-12,18H,6,9-10,13-15H2,1-4H3/t18-/m1/s1. The Kier molecular flexibility index (Phi) is 5.77. The van der Waals surface area contributed by atoms with Gasteiger partial charge in [-0.2, -0.15) is 5.10 Å². The van der Waals surface area contributed by atoms with Crippen LogP contribution in [0.1, 0.15) is 43.1 Å². The first-order valence-electron chi connectivity index (χ1n) is 9.58. The molecule has 1 aliphatic rings. The van der Waals surface area contributed by atoms with Crippen LogP contribution in [-0.2, 0) is 11.3 Å². The lowest BCUT2D eigenvalue weighted by Gasteiger charge is -2.32. The molecule has 1 aromatic heterocycles. The van der Waals surface area contributed by atoms with E-state index in [0.29, 0.717) is 0 Å². The minimum absolute atomic E-state index is 0.119. The van der Waals surface area contributed by atoms with Crippen molar-refractivity contribution in [2.24, 2.45) is 0 Å². The maximum Gasteiger partial charge on any atom is 0.239 e. The molecule has 26 heavy (non-hydrogen) atoms. The van der Waals surface area contributed by atoms with Gasteiger partial charge < -0.3 is 4.90 Å². The van der Waals surface area contributed by atoms with E-state index in [1.807, 2.05) is 48.7 Å². The van der Waals surface area contributed by atoms with Crippen molar-refractivity contribution >= 4 is 5.91 Å². The molecular formula is C21H30N4O. The zero-order chi connectivity index (χ0) is 18.7. The molecule has 1 aromatic carbocycles. The Morgan fingerprint density at radius 2 is 1.81 bits per heavy atom. The average molecular weight is 354 g/mol. The molecule has 1 saturated heterocycles. The van der Waals surface area contributed by atoms with Crippen molar-refractivity contribution in [2.75, 3.05) is 20.1 Å². The molecule has 0 radical (unpaired) electrons. The Balaban J connectivity index is 1.74. The van der Waals surface area contributed by atoms with E-state index in [9.17, 15) is 4.79 Å². The van der Waals surface area contributed by atoms with Gasteiger partial charge in [-0.15, -0.1) is 0 Å². The summed E-state index contributed by atoms with van der Waals surface area (Å²) in [5, 5.41) is 4.72. The molecule has 0 spiro atoms. The van der Waals surface area contributed by atoms with Crippen molar-refractivity contribution in [2.45, 2.75) is 52.6 Å². The first-order valence-corrected chi connectivity index (χ1v) is 9.58. The molecular weight excluding hydrogens is 324 g/mol. The van der Waals surface area contributed by atoms with E-state index < -0.39 is 0 Å². The molecule has 0 bridgehead atoms. The third kappa shape index (κ3) is 3.83. The van der Waals surface area contributed by atoms with Gasteiger partial charge in [-0.1, -0.05) is 18.2 Å². The smallest absolute Gasteiger partial charge is 0.239 e. The fourth-order valence-electron chi connectivity index (χ4n) is 3.68. The van der Waals surface area contributed by atoms with Crippen LogP contribution < -0.4 is 0 Å². The number of amides is 1. The largest absolute Gasteiger partial charge is 0.341 e. The Morgan fingerprint density at radius 3 is 2.46 bits per heavy atom. The summed E-state index contributed by atoms with van der Waals surface area (Å²) < 4.78 is 2.00. The number of aromatic nitrogens is 2. The summed E-state index contributed by atoms with van der Waals surface area (Å²) in [7, 11) is 2.03. The quantitative estimate of drug-likeness (QED) is 0.827. The van der Waals surface area contributed by atoms with Gasteiger partial charge >= 0.3 is 0 Å². The minimum atomic E-state index is -0.119. The summed E-state index contributed by atoms with van der Waals surface area (Å²) >= 11 is 0. The van der Waals surface area contributed by atoms with Gasteiger partial charge in [0.1, 0.15) is 0 Å². The summed E-state index contributed by atoms with van der Waals surface area (Å²) in [6.45, 7) is 8.70. The Hall–Kier alpha value is -2.14. The van der Waals surface area contributed by atoms with Crippen LogP contribution >= 0.6 is 0 Å². The van der Waals surface area contributed by atoms with Crippen LogP contribution in [0.2, 0.25) is 0 Å². The van der Waals surface area contributed by atoms with Gasteiger partial charge in [0.05, 0.1) is 17.4 Å². The van der Waals surface area contributed by atoms with Gasteiger partial charge in [-0.25, -0.2) is 4.68 Å². The second-order valence-electron chi connectivity index (χ2n) is 7.37. The maximum atomic E-state index is 12.8. The van der Waals surface area contributed by atoms with Gasteiger partial charge in [0.25, 0.3) is 0 Å². The first kappa shape index (κ1) is 18.6.